The number of nitrogens with one attached hydrogen (secondary N) is 3. The quantitative estimate of drug-likeness (QED) is 0.0765. The SMILES string of the molecule is COC(=O)C1=C(C)NC(=O)N[C@H]1c1ccc(OCC(=O)N/N=C\c2cc(-c3ccccc3)n(-c3ccc(Br)cc3)c2-c2ccccc2)c(OC)c1. The fourth-order valence-corrected chi connectivity index (χ4v) is 6.12. The van der Waals surface area contributed by atoms with Gasteiger partial charge >= 0.3 is 12.0 Å². The van der Waals surface area contributed by atoms with Gasteiger partial charge in [-0.2, -0.15) is 5.10 Å². The molecule has 0 fully saturated rings. The number of esters is 1. The maximum absolute atomic E-state index is 12.9. The molecule has 0 aliphatic carbocycles. The minimum absolute atomic E-state index is 0.253. The molecule has 3 N–H and O–H groups in total. The summed E-state index contributed by atoms with van der Waals surface area (Å²) in [5, 5.41) is 9.64. The van der Waals surface area contributed by atoms with Gasteiger partial charge in [0.2, 0.25) is 0 Å². The Balaban J connectivity index is 1.23. The zero-order chi connectivity index (χ0) is 35.9. The molecule has 0 saturated heterocycles. The van der Waals surface area contributed by atoms with Crippen molar-refractivity contribution < 1.29 is 28.6 Å². The van der Waals surface area contributed by atoms with Crippen LogP contribution in [0.5, 0.6) is 11.5 Å². The first-order valence-electron chi connectivity index (χ1n) is 15.9. The summed E-state index contributed by atoms with van der Waals surface area (Å²) >= 11 is 3.55. The van der Waals surface area contributed by atoms with Crippen LogP contribution in [0.4, 0.5) is 4.79 Å². The number of benzene rings is 4. The van der Waals surface area contributed by atoms with Crippen molar-refractivity contribution in [1.82, 2.24) is 20.6 Å². The third-order valence-electron chi connectivity index (χ3n) is 8.18. The average Bonchev–Trinajstić information content (AvgIpc) is 3.53. The predicted octanol–water partition coefficient (Wildman–Crippen LogP) is 6.91. The van der Waals surface area contributed by atoms with Crippen molar-refractivity contribution >= 4 is 40.1 Å². The number of nitrogens with zero attached hydrogens (tertiary/aromatic N) is 2. The molecule has 11 nitrogen and oxygen atoms in total. The van der Waals surface area contributed by atoms with E-state index in [-0.39, 0.29) is 17.9 Å². The highest BCUT2D eigenvalue weighted by Gasteiger charge is 2.32. The van der Waals surface area contributed by atoms with Gasteiger partial charge in [0.1, 0.15) is 0 Å². The van der Waals surface area contributed by atoms with E-state index in [4.69, 9.17) is 14.2 Å². The predicted molar refractivity (Wildman–Crippen MR) is 198 cm³/mol. The lowest BCUT2D eigenvalue weighted by Crippen LogP contribution is -2.45. The first-order chi connectivity index (χ1) is 24.8. The molecule has 1 aliphatic heterocycles. The molecule has 51 heavy (non-hydrogen) atoms. The number of aromatic nitrogens is 1. The number of urea groups is 1. The van der Waals surface area contributed by atoms with E-state index < -0.39 is 23.9 Å². The average molecular weight is 749 g/mol. The Hall–Kier alpha value is -6.14. The Morgan fingerprint density at radius 3 is 2.25 bits per heavy atom. The Morgan fingerprint density at radius 2 is 1.59 bits per heavy atom. The first kappa shape index (κ1) is 34.7. The van der Waals surface area contributed by atoms with Crippen molar-refractivity contribution in [3.8, 4) is 39.7 Å². The van der Waals surface area contributed by atoms with E-state index in [1.807, 2.05) is 78.9 Å². The number of methoxy groups -OCH3 is 2. The van der Waals surface area contributed by atoms with Crippen molar-refractivity contribution in [2.45, 2.75) is 13.0 Å². The van der Waals surface area contributed by atoms with Crippen molar-refractivity contribution in [2.75, 3.05) is 20.8 Å². The van der Waals surface area contributed by atoms with Crippen LogP contribution in [0.3, 0.4) is 0 Å². The van der Waals surface area contributed by atoms with E-state index >= 15 is 0 Å². The normalized spacial score (nSPS) is 14.1. The van der Waals surface area contributed by atoms with Crippen LogP contribution in [0.2, 0.25) is 0 Å². The van der Waals surface area contributed by atoms with E-state index in [2.05, 4.69) is 53.8 Å². The summed E-state index contributed by atoms with van der Waals surface area (Å²) < 4.78 is 19.4. The zero-order valence-electron chi connectivity index (χ0n) is 28.0. The highest BCUT2D eigenvalue weighted by atomic mass is 79.9. The molecule has 1 atom stereocenters. The van der Waals surface area contributed by atoms with Crippen molar-refractivity contribution in [3.63, 3.8) is 0 Å². The highest BCUT2D eigenvalue weighted by Crippen LogP contribution is 2.37. The number of amides is 3. The van der Waals surface area contributed by atoms with Crippen LogP contribution in [0, 0.1) is 0 Å². The molecule has 5 aromatic rings. The summed E-state index contributed by atoms with van der Waals surface area (Å²) in [4.78, 5) is 37.7. The van der Waals surface area contributed by atoms with E-state index in [1.54, 1.807) is 31.3 Å². The number of hydrogen-bond acceptors (Lipinski definition) is 7. The monoisotopic (exact) mass is 747 g/mol. The van der Waals surface area contributed by atoms with Crippen LogP contribution in [0.1, 0.15) is 24.1 Å². The van der Waals surface area contributed by atoms with Gasteiger partial charge in [0, 0.05) is 21.4 Å². The van der Waals surface area contributed by atoms with Gasteiger partial charge in [0.25, 0.3) is 5.91 Å². The minimum Gasteiger partial charge on any atom is -0.493 e. The second-order valence-electron chi connectivity index (χ2n) is 11.4. The number of hydrazone groups is 1. The number of allylic oxidation sites excluding steroid dienone is 1. The van der Waals surface area contributed by atoms with Gasteiger partial charge in [-0.15, -0.1) is 0 Å². The number of ether oxygens (including phenoxy) is 3. The molecule has 4 aromatic carbocycles. The molecule has 6 rings (SSSR count). The topological polar surface area (TPSA) is 132 Å². The molecule has 3 amide bonds. The van der Waals surface area contributed by atoms with Gasteiger partial charge in [0.05, 0.1) is 43.4 Å². The molecular formula is C39H34BrN5O6. The fraction of sp³-hybridized carbons (Fsp3) is 0.128. The molecule has 2 heterocycles. The van der Waals surface area contributed by atoms with Gasteiger partial charge in [-0.3, -0.25) is 4.79 Å². The van der Waals surface area contributed by atoms with E-state index in [9.17, 15) is 14.4 Å². The minimum atomic E-state index is -0.784. The lowest BCUT2D eigenvalue weighted by molar-refractivity contribution is -0.136. The van der Waals surface area contributed by atoms with Crippen LogP contribution < -0.4 is 25.5 Å². The van der Waals surface area contributed by atoms with Crippen LogP contribution in [0.15, 0.2) is 130 Å². The third kappa shape index (κ3) is 7.71. The third-order valence-corrected chi connectivity index (χ3v) is 8.71. The maximum Gasteiger partial charge on any atom is 0.337 e. The van der Waals surface area contributed by atoms with E-state index in [0.29, 0.717) is 17.0 Å². The Labute approximate surface area is 303 Å². The fourth-order valence-electron chi connectivity index (χ4n) is 5.86. The van der Waals surface area contributed by atoms with Gasteiger partial charge in [0.15, 0.2) is 18.1 Å². The summed E-state index contributed by atoms with van der Waals surface area (Å²) in [5.74, 6) is -0.495. The molecule has 0 radical (unpaired) electrons. The molecule has 0 bridgehead atoms. The summed E-state index contributed by atoms with van der Waals surface area (Å²) in [6, 6.07) is 33.9. The van der Waals surface area contributed by atoms with Crippen LogP contribution in [-0.2, 0) is 14.3 Å². The maximum atomic E-state index is 12.9. The second kappa shape index (κ2) is 15.6. The van der Waals surface area contributed by atoms with Gasteiger partial charge in [-0.05, 0) is 66.1 Å². The second-order valence-corrected chi connectivity index (χ2v) is 12.3. The zero-order valence-corrected chi connectivity index (χ0v) is 29.6. The Bertz CT molecular complexity index is 2130. The Kier molecular flexibility index (Phi) is 10.6. The molecule has 1 aliphatic rings. The number of halogens is 1. The van der Waals surface area contributed by atoms with Crippen molar-refractivity contribution in [2.24, 2.45) is 5.10 Å². The molecule has 0 saturated carbocycles. The summed E-state index contributed by atoms with van der Waals surface area (Å²) in [7, 11) is 2.72. The summed E-state index contributed by atoms with van der Waals surface area (Å²) in [6.07, 6.45) is 1.62. The van der Waals surface area contributed by atoms with Gasteiger partial charge < -0.3 is 29.4 Å². The van der Waals surface area contributed by atoms with Gasteiger partial charge in [-0.1, -0.05) is 82.7 Å². The lowest BCUT2D eigenvalue weighted by Gasteiger charge is -2.28. The lowest BCUT2D eigenvalue weighted by atomic mass is 9.95. The molecule has 1 aromatic heterocycles. The van der Waals surface area contributed by atoms with Crippen molar-refractivity contribution in [1.29, 1.82) is 0 Å². The molecule has 0 spiro atoms. The smallest absolute Gasteiger partial charge is 0.337 e. The summed E-state index contributed by atoms with van der Waals surface area (Å²) in [6.45, 7) is 1.26. The Morgan fingerprint density at radius 1 is 0.902 bits per heavy atom. The van der Waals surface area contributed by atoms with Crippen LogP contribution in [-0.4, -0.2) is 49.5 Å². The van der Waals surface area contributed by atoms with E-state index in [1.165, 1.54) is 14.2 Å². The number of hydrogen-bond donors (Lipinski definition) is 3. The van der Waals surface area contributed by atoms with E-state index in [0.717, 1.165) is 38.2 Å². The molecule has 12 heteroatoms. The summed E-state index contributed by atoms with van der Waals surface area (Å²) in [5.41, 5.74) is 9.36. The molecule has 258 valence electrons. The van der Waals surface area contributed by atoms with Gasteiger partial charge in [-0.25, -0.2) is 15.0 Å². The first-order valence-corrected chi connectivity index (χ1v) is 16.7. The molecule has 0 unspecified atom stereocenters. The largest absolute Gasteiger partial charge is 0.493 e. The number of carbonyl (C=O) groups excluding carboxylic acids is 3. The molecular weight excluding hydrogens is 714 g/mol. The van der Waals surface area contributed by atoms with Crippen molar-refractivity contribution in [3.05, 3.63) is 136 Å². The highest BCUT2D eigenvalue weighted by molar-refractivity contribution is 9.10. The number of rotatable bonds is 11. The number of carbonyl (C=O) groups is 3. The van der Waals surface area contributed by atoms with Crippen LogP contribution in [0.25, 0.3) is 28.2 Å². The van der Waals surface area contributed by atoms with Crippen LogP contribution >= 0.6 is 15.9 Å². The standard InChI is InChI=1S/C39H34BrN5O6/c1-24-35(38(47)50-3)36(43-39(48)42-24)27-14-19-32(33(21-27)49-2)51-23-34(46)44-41-22-28-20-31(25-10-6-4-7-11-25)45(30-17-15-29(40)16-18-30)37(28)26-12-8-5-9-13-26/h4-22,36H,23H2,1-3H3,(H,44,46)(H2,42,43,48)/b41-22-/t36-/m0/s1.